The average Bonchev–Trinajstić information content (AvgIpc) is 2.64. The van der Waals surface area contributed by atoms with Crippen molar-refractivity contribution in [3.05, 3.63) is 29.6 Å². The molecule has 0 fully saturated rings. The highest BCUT2D eigenvalue weighted by Crippen LogP contribution is 2.50. The minimum atomic E-state index is 0.268. The van der Waals surface area contributed by atoms with Gasteiger partial charge in [0.15, 0.2) is 0 Å². The quantitative estimate of drug-likeness (QED) is 0.674. The monoisotopic (exact) mass is 228 g/mol. The van der Waals surface area contributed by atoms with Crippen molar-refractivity contribution in [3.63, 3.8) is 0 Å². The first-order valence-electron chi connectivity index (χ1n) is 6.27. The molecular formula is C15H20N2. The van der Waals surface area contributed by atoms with Crippen molar-refractivity contribution in [2.24, 2.45) is 7.05 Å². The molecule has 0 amide bonds. The van der Waals surface area contributed by atoms with Crippen molar-refractivity contribution in [2.75, 3.05) is 0 Å². The Morgan fingerprint density at radius 3 is 2.29 bits per heavy atom. The van der Waals surface area contributed by atoms with Crippen molar-refractivity contribution in [1.82, 2.24) is 9.55 Å². The Kier molecular flexibility index (Phi) is 1.86. The summed E-state index contributed by atoms with van der Waals surface area (Å²) in [6.45, 7) is 9.39. The molecule has 3 rings (SSSR count). The maximum atomic E-state index is 4.47. The molecule has 0 spiro atoms. The summed E-state index contributed by atoms with van der Waals surface area (Å²) in [6, 6.07) is 4.63. The molecule has 90 valence electrons. The molecular weight excluding hydrogens is 208 g/mol. The Morgan fingerprint density at radius 2 is 1.65 bits per heavy atom. The predicted octanol–water partition coefficient (Wildman–Crippen LogP) is 3.53. The van der Waals surface area contributed by atoms with Crippen molar-refractivity contribution in [2.45, 2.75) is 44.9 Å². The number of rotatable bonds is 0. The molecule has 1 aliphatic carbocycles. The van der Waals surface area contributed by atoms with E-state index >= 15 is 0 Å². The summed E-state index contributed by atoms with van der Waals surface area (Å²) in [6.07, 6.45) is 3.12. The first kappa shape index (κ1) is 10.8. The Balaban J connectivity index is 2.38. The molecule has 0 radical (unpaired) electrons. The van der Waals surface area contributed by atoms with Gasteiger partial charge in [-0.1, -0.05) is 27.7 Å². The largest absolute Gasteiger partial charge is 0.334 e. The van der Waals surface area contributed by atoms with Crippen LogP contribution in [0.2, 0.25) is 0 Å². The SMILES string of the molecule is Cn1cnc2cc3c(cc21)C(C)(C)CC3(C)C. The first-order valence-corrected chi connectivity index (χ1v) is 6.27. The third-order valence-electron chi connectivity index (χ3n) is 4.21. The van der Waals surface area contributed by atoms with Gasteiger partial charge in [-0.2, -0.15) is 0 Å². The van der Waals surface area contributed by atoms with E-state index in [-0.39, 0.29) is 10.8 Å². The van der Waals surface area contributed by atoms with Gasteiger partial charge < -0.3 is 4.57 Å². The third kappa shape index (κ3) is 1.36. The van der Waals surface area contributed by atoms with Crippen molar-refractivity contribution >= 4 is 11.0 Å². The molecule has 0 aliphatic heterocycles. The van der Waals surface area contributed by atoms with Crippen LogP contribution in [0.4, 0.5) is 0 Å². The molecule has 1 aliphatic rings. The van der Waals surface area contributed by atoms with Crippen LogP contribution in [0.15, 0.2) is 18.5 Å². The van der Waals surface area contributed by atoms with Gasteiger partial charge in [-0.05, 0) is 40.5 Å². The number of hydrogen-bond acceptors (Lipinski definition) is 1. The fraction of sp³-hybridized carbons (Fsp3) is 0.533. The van der Waals surface area contributed by atoms with Gasteiger partial charge in [-0.25, -0.2) is 4.98 Å². The molecule has 1 heterocycles. The number of aryl methyl sites for hydroxylation is 1. The van der Waals surface area contributed by atoms with Crippen molar-refractivity contribution < 1.29 is 0 Å². The molecule has 0 bridgehead atoms. The number of hydrogen-bond donors (Lipinski definition) is 0. The lowest BCUT2D eigenvalue weighted by Gasteiger charge is -2.22. The molecule has 2 aromatic rings. The van der Waals surface area contributed by atoms with Crippen LogP contribution in [-0.4, -0.2) is 9.55 Å². The van der Waals surface area contributed by atoms with Crippen LogP contribution in [0.3, 0.4) is 0 Å². The second kappa shape index (κ2) is 2.92. The van der Waals surface area contributed by atoms with E-state index in [9.17, 15) is 0 Å². The first-order chi connectivity index (χ1) is 7.81. The summed E-state index contributed by atoms with van der Waals surface area (Å²) in [7, 11) is 2.06. The zero-order valence-electron chi connectivity index (χ0n) is 11.3. The second-order valence-corrected chi connectivity index (χ2v) is 6.69. The summed E-state index contributed by atoms with van der Waals surface area (Å²) < 4.78 is 2.11. The van der Waals surface area contributed by atoms with Gasteiger partial charge in [0, 0.05) is 7.05 Å². The lowest BCUT2D eigenvalue weighted by molar-refractivity contribution is 0.403. The normalized spacial score (nSPS) is 20.8. The van der Waals surface area contributed by atoms with Gasteiger partial charge in [0.2, 0.25) is 0 Å². The third-order valence-corrected chi connectivity index (χ3v) is 4.21. The van der Waals surface area contributed by atoms with Gasteiger partial charge in [0.1, 0.15) is 0 Å². The second-order valence-electron chi connectivity index (χ2n) is 6.69. The maximum Gasteiger partial charge on any atom is 0.0955 e. The van der Waals surface area contributed by atoms with E-state index in [1.165, 1.54) is 23.1 Å². The van der Waals surface area contributed by atoms with Crippen molar-refractivity contribution in [1.29, 1.82) is 0 Å². The lowest BCUT2D eigenvalue weighted by atomic mass is 9.82. The summed E-state index contributed by atoms with van der Waals surface area (Å²) >= 11 is 0. The number of aromatic nitrogens is 2. The molecule has 0 saturated heterocycles. The summed E-state index contributed by atoms with van der Waals surface area (Å²) in [5.41, 5.74) is 5.89. The number of imidazole rings is 1. The van der Waals surface area contributed by atoms with Gasteiger partial charge in [0.05, 0.1) is 17.4 Å². The van der Waals surface area contributed by atoms with Crippen LogP contribution in [0, 0.1) is 0 Å². The molecule has 0 unspecified atom stereocenters. The Bertz CT molecular complexity index is 603. The van der Waals surface area contributed by atoms with E-state index in [4.69, 9.17) is 0 Å². The van der Waals surface area contributed by atoms with Crippen LogP contribution in [-0.2, 0) is 17.9 Å². The van der Waals surface area contributed by atoms with Crippen LogP contribution >= 0.6 is 0 Å². The minimum Gasteiger partial charge on any atom is -0.334 e. The Hall–Kier alpha value is -1.31. The van der Waals surface area contributed by atoms with Crippen LogP contribution in [0.5, 0.6) is 0 Å². The zero-order valence-corrected chi connectivity index (χ0v) is 11.3. The fourth-order valence-electron chi connectivity index (χ4n) is 3.59. The zero-order chi connectivity index (χ0) is 12.4. The molecule has 2 heteroatoms. The van der Waals surface area contributed by atoms with Crippen molar-refractivity contribution in [3.8, 4) is 0 Å². The highest BCUT2D eigenvalue weighted by molar-refractivity contribution is 5.79. The Labute approximate surface area is 103 Å². The Morgan fingerprint density at radius 1 is 1.06 bits per heavy atom. The van der Waals surface area contributed by atoms with Crippen LogP contribution < -0.4 is 0 Å². The van der Waals surface area contributed by atoms with E-state index < -0.39 is 0 Å². The van der Waals surface area contributed by atoms with E-state index in [1.54, 1.807) is 0 Å². The average molecular weight is 228 g/mol. The topological polar surface area (TPSA) is 17.8 Å². The van der Waals surface area contributed by atoms with Crippen LogP contribution in [0.25, 0.3) is 11.0 Å². The maximum absolute atomic E-state index is 4.47. The van der Waals surface area contributed by atoms with Gasteiger partial charge in [-0.15, -0.1) is 0 Å². The van der Waals surface area contributed by atoms with Gasteiger partial charge in [0.25, 0.3) is 0 Å². The number of fused-ring (bicyclic) bond motifs is 2. The molecule has 17 heavy (non-hydrogen) atoms. The highest BCUT2D eigenvalue weighted by Gasteiger charge is 2.42. The molecule has 2 nitrogen and oxygen atoms in total. The van der Waals surface area contributed by atoms with E-state index in [0.29, 0.717) is 0 Å². The van der Waals surface area contributed by atoms with Gasteiger partial charge in [-0.3, -0.25) is 0 Å². The van der Waals surface area contributed by atoms with Gasteiger partial charge >= 0.3 is 0 Å². The lowest BCUT2D eigenvalue weighted by Crippen LogP contribution is -2.17. The molecule has 1 aromatic heterocycles. The molecule has 0 saturated carbocycles. The number of benzene rings is 1. The van der Waals surface area contributed by atoms with E-state index in [0.717, 1.165) is 5.52 Å². The van der Waals surface area contributed by atoms with E-state index in [1.807, 2.05) is 6.33 Å². The number of nitrogens with zero attached hydrogens (tertiary/aromatic N) is 2. The molecule has 0 atom stereocenters. The van der Waals surface area contributed by atoms with Crippen LogP contribution in [0.1, 0.15) is 45.2 Å². The standard InChI is InChI=1S/C15H20N2/c1-14(2)8-15(3,4)11-7-13-12(6-10(11)14)16-9-17(13)5/h6-7,9H,8H2,1-5H3. The predicted molar refractivity (Wildman–Crippen MR) is 71.4 cm³/mol. The smallest absolute Gasteiger partial charge is 0.0955 e. The highest BCUT2D eigenvalue weighted by atomic mass is 15.0. The molecule has 1 aromatic carbocycles. The van der Waals surface area contributed by atoms with E-state index in [2.05, 4.69) is 56.4 Å². The summed E-state index contributed by atoms with van der Waals surface area (Å²) in [5.74, 6) is 0. The fourth-order valence-corrected chi connectivity index (χ4v) is 3.59. The summed E-state index contributed by atoms with van der Waals surface area (Å²) in [4.78, 5) is 4.47. The minimum absolute atomic E-state index is 0.268. The summed E-state index contributed by atoms with van der Waals surface area (Å²) in [5, 5.41) is 0. The molecule has 0 N–H and O–H groups in total.